The third kappa shape index (κ3) is 9.48. The summed E-state index contributed by atoms with van der Waals surface area (Å²) in [6, 6.07) is 16.3. The van der Waals surface area contributed by atoms with Crippen molar-refractivity contribution < 1.29 is 33.0 Å². The van der Waals surface area contributed by atoms with E-state index in [1.54, 1.807) is 6.92 Å². The van der Waals surface area contributed by atoms with Gasteiger partial charge < -0.3 is 34.7 Å². The number of likely N-dealkylation sites (tertiary alicyclic amines) is 2. The van der Waals surface area contributed by atoms with Gasteiger partial charge in [-0.3, -0.25) is 4.79 Å². The largest absolute Gasteiger partial charge is 0.490 e. The molecule has 0 radical (unpaired) electrons. The van der Waals surface area contributed by atoms with Crippen LogP contribution in [0.1, 0.15) is 81.8 Å². The van der Waals surface area contributed by atoms with E-state index in [1.807, 2.05) is 56.0 Å². The molecule has 3 aromatic carbocycles. The van der Waals surface area contributed by atoms with Crippen molar-refractivity contribution in [1.82, 2.24) is 24.8 Å². The van der Waals surface area contributed by atoms with E-state index >= 15 is 4.39 Å². The number of H-pyrrole nitrogens is 1. The number of halogens is 2. The van der Waals surface area contributed by atoms with Gasteiger partial charge >= 0.3 is 6.09 Å². The minimum Gasteiger partial charge on any atom is -0.490 e. The Morgan fingerprint density at radius 3 is 2.28 bits per heavy atom. The van der Waals surface area contributed by atoms with Gasteiger partial charge in [-0.2, -0.15) is 0 Å². The van der Waals surface area contributed by atoms with Gasteiger partial charge in [0.2, 0.25) is 0 Å². The normalized spacial score (nSPS) is 16.1. The SMILES string of the molecule is Cc1c(NC(=O)c2ccc(C(C)(C)O)cc2F)cc(F)cc1-c1ncnc2[nH]c(-c3ccc(OC4CCN(CC5CCN(C(=O)OC(C)(C)C)CC5)CC4)cc3)cc12. The van der Waals surface area contributed by atoms with E-state index in [-0.39, 0.29) is 23.4 Å². The van der Waals surface area contributed by atoms with Gasteiger partial charge in [0.15, 0.2) is 0 Å². The highest BCUT2D eigenvalue weighted by Crippen LogP contribution is 2.36. The first-order valence-electron chi connectivity index (χ1n) is 20.0. The number of rotatable bonds is 9. The Morgan fingerprint density at radius 1 is 0.914 bits per heavy atom. The van der Waals surface area contributed by atoms with Crippen LogP contribution >= 0.6 is 0 Å². The molecule has 7 rings (SSSR count). The number of aliphatic hydroxyl groups is 1. The number of nitrogens with one attached hydrogen (secondary N) is 2. The molecule has 13 heteroatoms. The van der Waals surface area contributed by atoms with E-state index in [0.717, 1.165) is 81.5 Å². The average Bonchev–Trinajstić information content (AvgIpc) is 3.61. The number of piperidine rings is 2. The highest BCUT2D eigenvalue weighted by Gasteiger charge is 2.29. The second-order valence-electron chi connectivity index (χ2n) is 17.1. The fourth-order valence-corrected chi connectivity index (χ4v) is 7.74. The van der Waals surface area contributed by atoms with Crippen molar-refractivity contribution in [3.8, 4) is 28.3 Å². The molecule has 0 spiro atoms. The lowest BCUT2D eigenvalue weighted by Gasteiger charge is -2.38. The molecule has 11 nitrogen and oxygen atoms in total. The van der Waals surface area contributed by atoms with Gasteiger partial charge in [-0.05, 0) is 144 Å². The van der Waals surface area contributed by atoms with Crippen molar-refractivity contribution in [3.05, 3.63) is 95.3 Å². The molecule has 2 fully saturated rings. The number of anilines is 1. The number of benzene rings is 3. The van der Waals surface area contributed by atoms with Gasteiger partial charge in [-0.25, -0.2) is 23.5 Å². The number of aromatic nitrogens is 3. The van der Waals surface area contributed by atoms with Crippen molar-refractivity contribution in [2.45, 2.75) is 84.5 Å². The van der Waals surface area contributed by atoms with Crippen LogP contribution < -0.4 is 10.1 Å². The molecular formula is C45H52F2N6O5. The first kappa shape index (κ1) is 40.8. The monoisotopic (exact) mass is 794 g/mol. The van der Waals surface area contributed by atoms with E-state index in [4.69, 9.17) is 9.47 Å². The molecule has 0 aliphatic carbocycles. The fourth-order valence-electron chi connectivity index (χ4n) is 7.74. The summed E-state index contributed by atoms with van der Waals surface area (Å²) in [5, 5.41) is 13.6. The zero-order valence-corrected chi connectivity index (χ0v) is 34.0. The number of carbonyl (C=O) groups excluding carboxylic acids is 2. The second-order valence-corrected chi connectivity index (χ2v) is 17.1. The van der Waals surface area contributed by atoms with Gasteiger partial charge in [0.25, 0.3) is 5.91 Å². The quantitative estimate of drug-likeness (QED) is 0.135. The highest BCUT2D eigenvalue weighted by molar-refractivity contribution is 6.06. The molecule has 0 bridgehead atoms. The molecule has 3 N–H and O–H groups in total. The van der Waals surface area contributed by atoms with Crippen molar-refractivity contribution in [3.63, 3.8) is 0 Å². The molecule has 2 aromatic heterocycles. The molecule has 2 saturated heterocycles. The van der Waals surface area contributed by atoms with E-state index in [1.165, 1.54) is 44.4 Å². The molecule has 306 valence electrons. The third-order valence-corrected chi connectivity index (χ3v) is 11.0. The zero-order valence-electron chi connectivity index (χ0n) is 34.0. The number of amides is 2. The Hall–Kier alpha value is -5.40. The van der Waals surface area contributed by atoms with Gasteiger partial charge in [0.05, 0.1) is 16.9 Å². The lowest BCUT2D eigenvalue weighted by Crippen LogP contribution is -2.45. The molecule has 0 atom stereocenters. The Morgan fingerprint density at radius 2 is 1.62 bits per heavy atom. The van der Waals surface area contributed by atoms with E-state index in [9.17, 15) is 19.1 Å². The first-order valence-corrected chi connectivity index (χ1v) is 20.0. The van der Waals surface area contributed by atoms with Crippen molar-refractivity contribution in [2.75, 3.05) is 38.0 Å². The van der Waals surface area contributed by atoms with Crippen LogP contribution in [0.25, 0.3) is 33.5 Å². The van der Waals surface area contributed by atoms with Crippen LogP contribution in [0.15, 0.2) is 67.0 Å². The van der Waals surface area contributed by atoms with Crippen LogP contribution in [0.2, 0.25) is 0 Å². The molecular weight excluding hydrogens is 743 g/mol. The summed E-state index contributed by atoms with van der Waals surface area (Å²) in [4.78, 5) is 42.3. The average molecular weight is 795 g/mol. The lowest BCUT2D eigenvalue weighted by atomic mass is 9.95. The van der Waals surface area contributed by atoms with E-state index < -0.39 is 28.7 Å². The molecule has 2 aliphatic heterocycles. The number of hydrogen-bond donors (Lipinski definition) is 3. The molecule has 58 heavy (non-hydrogen) atoms. The standard InChI is InChI=1S/C45H52F2N6O5/c1-27-35(22-31(46)23-38(27)51-42(54)34-12-9-30(21-37(34)47)45(5,6)56)40-36-24-39(50-41(36)49-26-48-40)29-7-10-32(11-8-29)57-33-15-17-52(18-16-33)25-28-13-19-53(20-14-28)43(55)58-44(2,3)4/h7-12,21-24,26,28,33,56H,13-20,25H2,1-6H3,(H,51,54)(H,48,49,50). The first-order chi connectivity index (χ1) is 27.5. The molecule has 0 saturated carbocycles. The summed E-state index contributed by atoms with van der Waals surface area (Å²) < 4.78 is 42.0. The van der Waals surface area contributed by atoms with Crippen LogP contribution in [0, 0.1) is 24.5 Å². The summed E-state index contributed by atoms with van der Waals surface area (Å²) in [6.45, 7) is 14.9. The van der Waals surface area contributed by atoms with Gasteiger partial charge in [0, 0.05) is 55.1 Å². The minimum absolute atomic E-state index is 0.129. The Kier molecular flexibility index (Phi) is 11.6. The molecule has 2 amide bonds. The number of fused-ring (bicyclic) bond motifs is 1. The molecule has 0 unspecified atom stereocenters. The number of hydrogen-bond acceptors (Lipinski definition) is 8. The van der Waals surface area contributed by atoms with Gasteiger partial charge in [-0.15, -0.1) is 0 Å². The van der Waals surface area contributed by atoms with E-state index in [0.29, 0.717) is 39.3 Å². The fraction of sp³-hybridized carbons (Fsp3) is 0.422. The predicted octanol–water partition coefficient (Wildman–Crippen LogP) is 8.85. The van der Waals surface area contributed by atoms with Crippen molar-refractivity contribution in [2.24, 2.45) is 5.92 Å². The number of aromatic amines is 1. The zero-order chi connectivity index (χ0) is 41.4. The van der Waals surface area contributed by atoms with Crippen molar-refractivity contribution >= 4 is 28.7 Å². The number of nitrogens with zero attached hydrogens (tertiary/aromatic N) is 4. The van der Waals surface area contributed by atoms with Crippen LogP contribution in [-0.2, 0) is 10.3 Å². The van der Waals surface area contributed by atoms with Crippen molar-refractivity contribution in [1.29, 1.82) is 0 Å². The minimum atomic E-state index is -1.28. The molecule has 4 heterocycles. The van der Waals surface area contributed by atoms with Crippen LogP contribution in [0.3, 0.4) is 0 Å². The summed E-state index contributed by atoms with van der Waals surface area (Å²) in [6.07, 6.45) is 5.18. The Bertz CT molecular complexity index is 2280. The van der Waals surface area contributed by atoms with Gasteiger partial charge in [-0.1, -0.05) is 6.07 Å². The topological polar surface area (TPSA) is 133 Å². The number of ether oxygens (including phenoxy) is 2. The van der Waals surface area contributed by atoms with Gasteiger partial charge in [0.1, 0.15) is 41.1 Å². The number of carbonyl (C=O) groups is 2. The second kappa shape index (κ2) is 16.5. The Labute approximate surface area is 337 Å². The summed E-state index contributed by atoms with van der Waals surface area (Å²) in [5.74, 6) is -0.783. The summed E-state index contributed by atoms with van der Waals surface area (Å²) >= 11 is 0. The smallest absolute Gasteiger partial charge is 0.410 e. The molecule has 5 aromatic rings. The highest BCUT2D eigenvalue weighted by atomic mass is 19.1. The van der Waals surface area contributed by atoms with Crippen LogP contribution in [-0.4, -0.2) is 86.3 Å². The maximum absolute atomic E-state index is 15.1. The van der Waals surface area contributed by atoms with E-state index in [2.05, 4.69) is 25.2 Å². The van der Waals surface area contributed by atoms with Crippen LogP contribution in [0.5, 0.6) is 5.75 Å². The Balaban J connectivity index is 0.969. The third-order valence-electron chi connectivity index (χ3n) is 11.0. The maximum Gasteiger partial charge on any atom is 0.410 e. The maximum atomic E-state index is 15.1. The molecule has 2 aliphatic rings. The summed E-state index contributed by atoms with van der Waals surface area (Å²) in [5.41, 5.74) is 2.22. The lowest BCUT2D eigenvalue weighted by molar-refractivity contribution is 0.0156. The summed E-state index contributed by atoms with van der Waals surface area (Å²) in [7, 11) is 0. The van der Waals surface area contributed by atoms with Crippen LogP contribution in [0.4, 0.5) is 19.3 Å². The predicted molar refractivity (Wildman–Crippen MR) is 220 cm³/mol.